The number of carbonyl (C=O) groups is 1. The van der Waals surface area contributed by atoms with Crippen LogP contribution in [-0.4, -0.2) is 16.1 Å². The van der Waals surface area contributed by atoms with E-state index in [1.165, 1.54) is 12.1 Å². The summed E-state index contributed by atoms with van der Waals surface area (Å²) in [5.41, 5.74) is 0.978. The van der Waals surface area contributed by atoms with Crippen molar-refractivity contribution in [2.24, 2.45) is 0 Å². The van der Waals surface area contributed by atoms with E-state index >= 15 is 0 Å². The van der Waals surface area contributed by atoms with Crippen LogP contribution in [0.25, 0.3) is 0 Å². The molecule has 2 aromatic rings. The van der Waals surface area contributed by atoms with E-state index in [-0.39, 0.29) is 23.2 Å². The highest BCUT2D eigenvalue weighted by Crippen LogP contribution is 2.20. The molecule has 2 N–H and O–H groups in total. The van der Waals surface area contributed by atoms with Gasteiger partial charge in [0, 0.05) is 6.07 Å². The van der Waals surface area contributed by atoms with Gasteiger partial charge in [0.05, 0.1) is 6.04 Å². The molecule has 0 aliphatic heterocycles. The highest BCUT2D eigenvalue weighted by molar-refractivity contribution is 5.92. The summed E-state index contributed by atoms with van der Waals surface area (Å²) in [5, 5.41) is 9.06. The molecule has 0 unspecified atom stereocenters. The van der Waals surface area contributed by atoms with Crippen LogP contribution in [0.4, 0.5) is 0 Å². The number of amides is 1. The molecule has 1 amide bonds. The summed E-state index contributed by atoms with van der Waals surface area (Å²) in [4.78, 5) is 23.3. The third-order valence-electron chi connectivity index (χ3n) is 3.52. The predicted molar refractivity (Wildman–Crippen MR) is 85.6 cm³/mol. The zero-order chi connectivity index (χ0) is 15.8. The first-order valence-corrected chi connectivity index (χ1v) is 7.62. The number of benzene rings is 1. The molecule has 1 heterocycles. The second kappa shape index (κ2) is 8.12. The zero-order valence-corrected chi connectivity index (χ0v) is 12.7. The SMILES string of the molecule is CCCCC[C@H](NC(=O)c1ccc(=O)[nH]n1)c1ccccc1. The van der Waals surface area contributed by atoms with E-state index in [9.17, 15) is 9.59 Å². The summed E-state index contributed by atoms with van der Waals surface area (Å²) >= 11 is 0. The van der Waals surface area contributed by atoms with Crippen LogP contribution in [0.1, 0.15) is 54.7 Å². The fraction of sp³-hybridized carbons (Fsp3) is 0.353. The molecule has 0 radical (unpaired) electrons. The summed E-state index contributed by atoms with van der Waals surface area (Å²) in [6.45, 7) is 2.15. The smallest absolute Gasteiger partial charge is 0.272 e. The van der Waals surface area contributed by atoms with Crippen LogP contribution in [0.3, 0.4) is 0 Å². The van der Waals surface area contributed by atoms with Crippen molar-refractivity contribution in [3.63, 3.8) is 0 Å². The Bertz CT molecular complexity index is 632. The Morgan fingerprint density at radius 3 is 2.59 bits per heavy atom. The molecule has 0 aliphatic carbocycles. The normalized spacial score (nSPS) is 11.9. The molecule has 22 heavy (non-hydrogen) atoms. The summed E-state index contributed by atoms with van der Waals surface area (Å²) in [7, 11) is 0. The van der Waals surface area contributed by atoms with Crippen molar-refractivity contribution >= 4 is 5.91 Å². The van der Waals surface area contributed by atoms with Crippen LogP contribution in [0.2, 0.25) is 0 Å². The number of aromatic amines is 1. The van der Waals surface area contributed by atoms with E-state index < -0.39 is 0 Å². The minimum absolute atomic E-state index is 0.0472. The topological polar surface area (TPSA) is 74.8 Å². The zero-order valence-electron chi connectivity index (χ0n) is 12.7. The van der Waals surface area contributed by atoms with Gasteiger partial charge in [0.1, 0.15) is 5.69 Å². The molecule has 0 saturated carbocycles. The van der Waals surface area contributed by atoms with Gasteiger partial charge in [-0.15, -0.1) is 0 Å². The standard InChI is InChI=1S/C17H21N3O2/c1-2-3-5-10-14(13-8-6-4-7-9-13)18-17(22)15-11-12-16(21)20-19-15/h4,6-9,11-12,14H,2-3,5,10H2,1H3,(H,18,22)(H,20,21)/t14-/m0/s1. The van der Waals surface area contributed by atoms with Crippen LogP contribution in [0.5, 0.6) is 0 Å². The number of rotatable bonds is 7. The van der Waals surface area contributed by atoms with E-state index in [0.717, 1.165) is 31.2 Å². The van der Waals surface area contributed by atoms with E-state index in [4.69, 9.17) is 0 Å². The first-order chi connectivity index (χ1) is 10.7. The van der Waals surface area contributed by atoms with Crippen molar-refractivity contribution in [3.8, 4) is 0 Å². The average Bonchev–Trinajstić information content (AvgIpc) is 2.55. The number of hydrogen-bond donors (Lipinski definition) is 2. The number of nitrogens with one attached hydrogen (secondary N) is 2. The molecule has 2 rings (SSSR count). The van der Waals surface area contributed by atoms with Crippen LogP contribution < -0.4 is 10.9 Å². The average molecular weight is 299 g/mol. The number of nitrogens with zero attached hydrogens (tertiary/aromatic N) is 1. The predicted octanol–water partition coefficient (Wildman–Crippen LogP) is 2.82. The van der Waals surface area contributed by atoms with Crippen LogP contribution in [-0.2, 0) is 0 Å². The minimum atomic E-state index is -0.320. The molecule has 116 valence electrons. The van der Waals surface area contributed by atoms with Gasteiger partial charge < -0.3 is 5.32 Å². The molecule has 0 saturated heterocycles. The lowest BCUT2D eigenvalue weighted by molar-refractivity contribution is 0.0928. The minimum Gasteiger partial charge on any atom is -0.344 e. The van der Waals surface area contributed by atoms with Gasteiger partial charge in [-0.2, -0.15) is 5.10 Å². The van der Waals surface area contributed by atoms with Gasteiger partial charge in [-0.3, -0.25) is 9.59 Å². The maximum atomic E-state index is 12.3. The molecule has 1 aromatic heterocycles. The van der Waals surface area contributed by atoms with E-state index in [0.29, 0.717) is 0 Å². The Balaban J connectivity index is 2.09. The largest absolute Gasteiger partial charge is 0.344 e. The molecule has 1 atom stereocenters. The van der Waals surface area contributed by atoms with Crippen LogP contribution >= 0.6 is 0 Å². The number of carbonyl (C=O) groups excluding carboxylic acids is 1. The maximum Gasteiger partial charge on any atom is 0.272 e. The van der Waals surface area contributed by atoms with E-state index in [2.05, 4.69) is 22.4 Å². The molecule has 5 nitrogen and oxygen atoms in total. The Hall–Kier alpha value is -2.43. The van der Waals surface area contributed by atoms with Gasteiger partial charge in [0.15, 0.2) is 0 Å². The summed E-state index contributed by atoms with van der Waals surface area (Å²) in [5.74, 6) is -0.276. The lowest BCUT2D eigenvalue weighted by atomic mass is 10.0. The van der Waals surface area contributed by atoms with Gasteiger partial charge in [-0.05, 0) is 18.1 Å². The van der Waals surface area contributed by atoms with Crippen molar-refractivity contribution in [2.75, 3.05) is 0 Å². The molecular formula is C17H21N3O2. The number of H-pyrrole nitrogens is 1. The Morgan fingerprint density at radius 1 is 1.18 bits per heavy atom. The third kappa shape index (κ3) is 4.55. The van der Waals surface area contributed by atoms with E-state index in [1.54, 1.807) is 0 Å². The summed E-state index contributed by atoms with van der Waals surface area (Å²) in [6.07, 6.45) is 4.20. The number of hydrogen-bond acceptors (Lipinski definition) is 3. The van der Waals surface area contributed by atoms with Gasteiger partial charge >= 0.3 is 0 Å². The van der Waals surface area contributed by atoms with Gasteiger partial charge in [0.2, 0.25) is 0 Å². The van der Waals surface area contributed by atoms with Crippen molar-refractivity contribution in [1.82, 2.24) is 15.5 Å². The van der Waals surface area contributed by atoms with E-state index in [1.807, 2.05) is 30.3 Å². The van der Waals surface area contributed by atoms with Crippen molar-refractivity contribution in [1.29, 1.82) is 0 Å². The third-order valence-corrected chi connectivity index (χ3v) is 3.52. The fourth-order valence-electron chi connectivity index (χ4n) is 2.31. The van der Waals surface area contributed by atoms with Crippen molar-refractivity contribution in [2.45, 2.75) is 38.6 Å². The quantitative estimate of drug-likeness (QED) is 0.772. The number of unbranched alkanes of at least 4 members (excludes halogenated alkanes) is 2. The molecule has 0 bridgehead atoms. The fourth-order valence-corrected chi connectivity index (χ4v) is 2.31. The van der Waals surface area contributed by atoms with Crippen molar-refractivity contribution in [3.05, 3.63) is 64.1 Å². The number of aromatic nitrogens is 2. The van der Waals surface area contributed by atoms with Crippen LogP contribution in [0.15, 0.2) is 47.3 Å². The Labute approximate surface area is 129 Å². The summed E-state index contributed by atoms with van der Waals surface area (Å²) in [6, 6.07) is 12.6. The maximum absolute atomic E-state index is 12.3. The molecule has 1 aromatic carbocycles. The van der Waals surface area contributed by atoms with Gasteiger partial charge in [-0.1, -0.05) is 56.5 Å². The molecule has 0 aliphatic rings. The van der Waals surface area contributed by atoms with Gasteiger partial charge in [0.25, 0.3) is 11.5 Å². The molecule has 0 fully saturated rings. The Kier molecular flexibility index (Phi) is 5.89. The lowest BCUT2D eigenvalue weighted by Gasteiger charge is -2.19. The summed E-state index contributed by atoms with van der Waals surface area (Å²) < 4.78 is 0. The molecule has 0 spiro atoms. The lowest BCUT2D eigenvalue weighted by Crippen LogP contribution is -2.30. The highest BCUT2D eigenvalue weighted by Gasteiger charge is 2.16. The Morgan fingerprint density at radius 2 is 1.95 bits per heavy atom. The van der Waals surface area contributed by atoms with Gasteiger partial charge in [-0.25, -0.2) is 5.10 Å². The monoisotopic (exact) mass is 299 g/mol. The molecule has 5 heteroatoms. The first-order valence-electron chi connectivity index (χ1n) is 7.62. The molecular weight excluding hydrogens is 278 g/mol. The highest BCUT2D eigenvalue weighted by atomic mass is 16.2. The van der Waals surface area contributed by atoms with Crippen molar-refractivity contribution < 1.29 is 4.79 Å². The first kappa shape index (κ1) is 15.9. The second-order valence-corrected chi connectivity index (χ2v) is 5.24. The second-order valence-electron chi connectivity index (χ2n) is 5.24. The van der Waals surface area contributed by atoms with Crippen LogP contribution in [0, 0.1) is 0 Å².